The maximum absolute atomic E-state index is 10.1. The van der Waals surface area contributed by atoms with E-state index in [1.54, 1.807) is 0 Å². The summed E-state index contributed by atoms with van der Waals surface area (Å²) < 4.78 is 30.8. The van der Waals surface area contributed by atoms with E-state index in [0.717, 1.165) is 11.1 Å². The molecule has 2 heterocycles. The first-order chi connectivity index (χ1) is 18.7. The minimum atomic E-state index is -0.975. The largest absolute Gasteiger partial charge is 0.396 e. The molecular weight excluding hydrogens is 480 g/mol. The molecule has 2 fully saturated rings. The Kier molecular flexibility index (Phi) is 7.70. The van der Waals surface area contributed by atoms with Gasteiger partial charge in [0.1, 0.15) is 12.7 Å². The average Bonchev–Trinajstić information content (AvgIpc) is 3.61. The van der Waals surface area contributed by atoms with Crippen molar-refractivity contribution < 1.29 is 28.8 Å². The van der Waals surface area contributed by atoms with Crippen LogP contribution >= 0.6 is 0 Å². The normalized spacial score (nSPS) is 22.9. The van der Waals surface area contributed by atoms with E-state index in [1.807, 2.05) is 24.3 Å². The van der Waals surface area contributed by atoms with Crippen molar-refractivity contribution in [3.63, 3.8) is 0 Å². The van der Waals surface area contributed by atoms with Crippen molar-refractivity contribution in [2.24, 2.45) is 5.92 Å². The third kappa shape index (κ3) is 5.47. The fraction of sp³-hybridized carbons (Fsp3) is 0.375. The Balaban J connectivity index is 1.06. The highest BCUT2D eigenvalue weighted by atomic mass is 16.8. The number of fused-ring (bicyclic) bond motifs is 2. The van der Waals surface area contributed by atoms with Crippen molar-refractivity contribution in [2.75, 3.05) is 33.0 Å². The Morgan fingerprint density at radius 3 is 1.92 bits per heavy atom. The summed E-state index contributed by atoms with van der Waals surface area (Å²) in [5, 5.41) is 14.9. The van der Waals surface area contributed by atoms with E-state index >= 15 is 0 Å². The van der Waals surface area contributed by atoms with Gasteiger partial charge in [0.15, 0.2) is 0 Å². The summed E-state index contributed by atoms with van der Waals surface area (Å²) in [6.45, 7) is 2.59. The molecule has 1 N–H and O–H groups in total. The molecule has 0 radical (unpaired) electrons. The molecule has 2 aliphatic heterocycles. The number of rotatable bonds is 10. The molecule has 4 aromatic rings. The van der Waals surface area contributed by atoms with Gasteiger partial charge in [-0.15, -0.1) is 0 Å². The molecule has 0 aromatic heterocycles. The Morgan fingerprint density at radius 2 is 1.32 bits per heavy atom. The molecule has 6 nitrogen and oxygen atoms in total. The lowest BCUT2D eigenvalue weighted by atomic mass is 9.97. The van der Waals surface area contributed by atoms with Gasteiger partial charge in [-0.05, 0) is 51.2 Å². The van der Waals surface area contributed by atoms with Gasteiger partial charge in [0, 0.05) is 12.5 Å². The first kappa shape index (κ1) is 25.4. The second-order valence-corrected chi connectivity index (χ2v) is 10.2. The van der Waals surface area contributed by atoms with Crippen LogP contribution < -0.4 is 0 Å². The first-order valence-electron chi connectivity index (χ1n) is 13.4. The van der Waals surface area contributed by atoms with Crippen molar-refractivity contribution in [2.45, 2.75) is 37.6 Å². The van der Waals surface area contributed by atoms with Crippen LogP contribution in [-0.2, 0) is 36.9 Å². The molecule has 38 heavy (non-hydrogen) atoms. The van der Waals surface area contributed by atoms with Crippen molar-refractivity contribution in [1.29, 1.82) is 0 Å². The van der Waals surface area contributed by atoms with Crippen molar-refractivity contribution >= 4 is 21.5 Å². The number of hydrogen-bond donors (Lipinski definition) is 1. The summed E-state index contributed by atoms with van der Waals surface area (Å²) >= 11 is 0. The third-order valence-corrected chi connectivity index (χ3v) is 7.63. The summed E-state index contributed by atoms with van der Waals surface area (Å²) in [7, 11) is 0. The molecule has 3 atom stereocenters. The van der Waals surface area contributed by atoms with Crippen LogP contribution in [0.4, 0.5) is 0 Å². The maximum atomic E-state index is 10.1. The zero-order chi connectivity index (χ0) is 25.8. The van der Waals surface area contributed by atoms with Crippen LogP contribution in [0.2, 0.25) is 0 Å². The molecule has 0 amide bonds. The van der Waals surface area contributed by atoms with Crippen LogP contribution in [0.15, 0.2) is 84.9 Å². The lowest BCUT2D eigenvalue weighted by molar-refractivity contribution is -0.256. The van der Waals surface area contributed by atoms with Crippen LogP contribution in [-0.4, -0.2) is 56.1 Å². The highest BCUT2D eigenvalue weighted by Gasteiger charge is 2.52. The number of benzene rings is 4. The third-order valence-electron chi connectivity index (χ3n) is 7.63. The van der Waals surface area contributed by atoms with E-state index in [2.05, 4.69) is 60.7 Å². The standard InChI is InChI=1S/C32H34O6/c33-18-29-17-31(38-30(29)21-34-19-23-9-11-25-5-1-3-7-27(25)15-23)32(36-13-14-37-32)22-35-20-24-10-12-26-6-2-4-8-28(26)16-24/h1-12,15-16,29-31,33H,13-14,17-22H2/t29-,30+,31+/m1/s1. The molecule has 4 aromatic carbocycles. The van der Waals surface area contributed by atoms with E-state index in [0.29, 0.717) is 39.5 Å². The lowest BCUT2D eigenvalue weighted by Gasteiger charge is -2.32. The van der Waals surface area contributed by atoms with Gasteiger partial charge < -0.3 is 28.8 Å². The van der Waals surface area contributed by atoms with Gasteiger partial charge in [0.05, 0.1) is 39.1 Å². The molecule has 2 saturated heterocycles. The monoisotopic (exact) mass is 514 g/mol. The average molecular weight is 515 g/mol. The van der Waals surface area contributed by atoms with Crippen molar-refractivity contribution in [3.05, 3.63) is 96.1 Å². The summed E-state index contributed by atoms with van der Waals surface area (Å²) in [5.74, 6) is -1.03. The molecule has 0 saturated carbocycles. The molecular formula is C32H34O6. The van der Waals surface area contributed by atoms with Gasteiger partial charge in [0.25, 0.3) is 0 Å². The molecule has 2 aliphatic rings. The Bertz CT molecular complexity index is 1360. The number of aliphatic hydroxyl groups is 1. The zero-order valence-electron chi connectivity index (χ0n) is 21.5. The predicted octanol–water partition coefficient (Wildman–Crippen LogP) is 5.24. The fourth-order valence-electron chi connectivity index (χ4n) is 5.55. The lowest BCUT2D eigenvalue weighted by Crippen LogP contribution is -2.48. The quantitative estimate of drug-likeness (QED) is 0.312. The van der Waals surface area contributed by atoms with Crippen LogP contribution in [0, 0.1) is 5.92 Å². The fourth-order valence-corrected chi connectivity index (χ4v) is 5.55. The minimum Gasteiger partial charge on any atom is -0.396 e. The van der Waals surface area contributed by atoms with Crippen molar-refractivity contribution in [1.82, 2.24) is 0 Å². The Labute approximate surface area is 223 Å². The van der Waals surface area contributed by atoms with E-state index < -0.39 is 5.79 Å². The van der Waals surface area contributed by atoms with Gasteiger partial charge in [-0.3, -0.25) is 0 Å². The smallest absolute Gasteiger partial charge is 0.219 e. The molecule has 198 valence electrons. The van der Waals surface area contributed by atoms with Gasteiger partial charge in [-0.25, -0.2) is 0 Å². The molecule has 0 unspecified atom stereocenters. The summed E-state index contributed by atoms with van der Waals surface area (Å²) in [6, 6.07) is 29.3. The molecule has 6 rings (SSSR count). The Hall–Kier alpha value is -2.84. The van der Waals surface area contributed by atoms with Gasteiger partial charge in [0.2, 0.25) is 5.79 Å². The molecule has 0 aliphatic carbocycles. The topological polar surface area (TPSA) is 66.4 Å². The molecule has 6 heteroatoms. The predicted molar refractivity (Wildman–Crippen MR) is 146 cm³/mol. The van der Waals surface area contributed by atoms with Gasteiger partial charge in [-0.1, -0.05) is 72.8 Å². The van der Waals surface area contributed by atoms with Crippen molar-refractivity contribution in [3.8, 4) is 0 Å². The minimum absolute atomic E-state index is 0.0223. The summed E-state index contributed by atoms with van der Waals surface area (Å²) in [6.07, 6.45) is 0.0449. The van der Waals surface area contributed by atoms with Crippen LogP contribution in [0.1, 0.15) is 17.5 Å². The van der Waals surface area contributed by atoms with Crippen LogP contribution in [0.5, 0.6) is 0 Å². The second kappa shape index (κ2) is 11.5. The van der Waals surface area contributed by atoms with Crippen LogP contribution in [0.25, 0.3) is 21.5 Å². The summed E-state index contributed by atoms with van der Waals surface area (Å²) in [5.41, 5.74) is 2.21. The maximum Gasteiger partial charge on any atom is 0.219 e. The molecule has 0 bridgehead atoms. The van der Waals surface area contributed by atoms with E-state index in [9.17, 15) is 5.11 Å². The van der Waals surface area contributed by atoms with Gasteiger partial charge >= 0.3 is 0 Å². The van der Waals surface area contributed by atoms with Crippen LogP contribution in [0.3, 0.4) is 0 Å². The highest BCUT2D eigenvalue weighted by molar-refractivity contribution is 5.83. The Morgan fingerprint density at radius 1 is 0.737 bits per heavy atom. The highest BCUT2D eigenvalue weighted by Crippen LogP contribution is 2.38. The zero-order valence-corrected chi connectivity index (χ0v) is 21.5. The van der Waals surface area contributed by atoms with E-state index in [4.69, 9.17) is 23.7 Å². The van der Waals surface area contributed by atoms with E-state index in [-0.39, 0.29) is 31.3 Å². The van der Waals surface area contributed by atoms with E-state index in [1.165, 1.54) is 21.5 Å². The first-order valence-corrected chi connectivity index (χ1v) is 13.4. The number of aliphatic hydroxyl groups excluding tert-OH is 1. The molecule has 0 spiro atoms. The summed E-state index contributed by atoms with van der Waals surface area (Å²) in [4.78, 5) is 0. The SMILES string of the molecule is OC[C@H]1C[C@@H](C2(COCc3ccc4ccccc4c3)OCCO2)O[C@H]1COCc1ccc2ccccc2c1. The second-order valence-electron chi connectivity index (χ2n) is 10.2. The number of hydrogen-bond acceptors (Lipinski definition) is 6. The van der Waals surface area contributed by atoms with Gasteiger partial charge in [-0.2, -0.15) is 0 Å². The number of ether oxygens (including phenoxy) is 5.